The van der Waals surface area contributed by atoms with Gasteiger partial charge in [0.15, 0.2) is 0 Å². The van der Waals surface area contributed by atoms with E-state index in [2.05, 4.69) is 17.6 Å². The molecule has 1 aromatic carbocycles. The third kappa shape index (κ3) is 5.57. The molecule has 0 spiro atoms. The van der Waals surface area contributed by atoms with Gasteiger partial charge in [-0.05, 0) is 49.4 Å². The number of halogens is 1. The Kier molecular flexibility index (Phi) is 7.01. The van der Waals surface area contributed by atoms with E-state index in [0.717, 1.165) is 12.8 Å². The molecular weight excluding hydrogens is 259 g/mol. The summed E-state index contributed by atoms with van der Waals surface area (Å²) < 4.78 is 13.0. The van der Waals surface area contributed by atoms with Gasteiger partial charge < -0.3 is 15.7 Å². The summed E-state index contributed by atoms with van der Waals surface area (Å²) in [5.74, 6) is -0.0375. The minimum Gasteiger partial charge on any atom is -0.396 e. The molecule has 0 saturated carbocycles. The van der Waals surface area contributed by atoms with Gasteiger partial charge >= 0.3 is 6.03 Å². The highest BCUT2D eigenvalue weighted by molar-refractivity contribution is 5.89. The Hall–Kier alpha value is -1.62. The van der Waals surface area contributed by atoms with Crippen LogP contribution in [0.2, 0.25) is 0 Å². The first-order valence-electron chi connectivity index (χ1n) is 6.98. The highest BCUT2D eigenvalue weighted by Gasteiger charge is 2.10. The van der Waals surface area contributed by atoms with Gasteiger partial charge in [-0.3, -0.25) is 0 Å². The minimum atomic E-state index is -0.320. The highest BCUT2D eigenvalue weighted by Crippen LogP contribution is 2.15. The van der Waals surface area contributed by atoms with Gasteiger partial charge in [-0.15, -0.1) is 0 Å². The average Bonchev–Trinajstić information content (AvgIpc) is 2.40. The molecule has 20 heavy (non-hydrogen) atoms. The molecular formula is C15H23FN2O2. The van der Waals surface area contributed by atoms with Crippen LogP contribution in [0.4, 0.5) is 14.9 Å². The molecule has 0 aromatic heterocycles. The van der Waals surface area contributed by atoms with Crippen molar-refractivity contribution in [2.45, 2.75) is 33.1 Å². The number of aryl methyl sites for hydroxylation is 1. The summed E-state index contributed by atoms with van der Waals surface area (Å²) in [6.07, 6.45) is 2.67. The van der Waals surface area contributed by atoms with Crippen LogP contribution in [0.5, 0.6) is 0 Å². The molecule has 0 saturated heterocycles. The molecule has 0 bridgehead atoms. The Morgan fingerprint density at radius 1 is 1.40 bits per heavy atom. The highest BCUT2D eigenvalue weighted by atomic mass is 19.1. The number of hydrogen-bond acceptors (Lipinski definition) is 2. The predicted molar refractivity (Wildman–Crippen MR) is 78.3 cm³/mol. The van der Waals surface area contributed by atoms with E-state index >= 15 is 0 Å². The van der Waals surface area contributed by atoms with Crippen LogP contribution in [0.3, 0.4) is 0 Å². The smallest absolute Gasteiger partial charge is 0.319 e. The quantitative estimate of drug-likeness (QED) is 0.720. The fraction of sp³-hybridized carbons (Fsp3) is 0.533. The van der Waals surface area contributed by atoms with Crippen LogP contribution in [-0.2, 0) is 0 Å². The second kappa shape index (κ2) is 8.53. The van der Waals surface area contributed by atoms with E-state index in [1.165, 1.54) is 12.1 Å². The topological polar surface area (TPSA) is 61.4 Å². The number of aliphatic hydroxyl groups is 1. The molecule has 1 aromatic rings. The summed E-state index contributed by atoms with van der Waals surface area (Å²) in [6.45, 7) is 4.47. The number of benzene rings is 1. The van der Waals surface area contributed by atoms with Crippen LogP contribution in [-0.4, -0.2) is 24.3 Å². The SMILES string of the molecule is CCCC(CCO)CNC(=O)Nc1ccc(F)cc1C. The van der Waals surface area contributed by atoms with Crippen molar-refractivity contribution in [2.24, 2.45) is 5.92 Å². The maximum Gasteiger partial charge on any atom is 0.319 e. The molecule has 0 aliphatic heterocycles. The lowest BCUT2D eigenvalue weighted by atomic mass is 10.0. The Balaban J connectivity index is 2.46. The van der Waals surface area contributed by atoms with Gasteiger partial charge in [0.2, 0.25) is 0 Å². The Labute approximate surface area is 119 Å². The molecule has 5 heteroatoms. The number of carbonyl (C=O) groups is 1. The van der Waals surface area contributed by atoms with E-state index in [0.29, 0.717) is 24.2 Å². The van der Waals surface area contributed by atoms with Crippen molar-refractivity contribution in [2.75, 3.05) is 18.5 Å². The third-order valence-corrected chi connectivity index (χ3v) is 3.22. The maximum absolute atomic E-state index is 13.0. The molecule has 0 aliphatic rings. The fourth-order valence-corrected chi connectivity index (χ4v) is 2.11. The van der Waals surface area contributed by atoms with Gasteiger partial charge in [0.05, 0.1) is 0 Å². The maximum atomic E-state index is 13.0. The van der Waals surface area contributed by atoms with Crippen molar-refractivity contribution >= 4 is 11.7 Å². The molecule has 0 fully saturated rings. The molecule has 0 heterocycles. The Bertz CT molecular complexity index is 432. The zero-order chi connectivity index (χ0) is 15.0. The number of nitrogens with one attached hydrogen (secondary N) is 2. The van der Waals surface area contributed by atoms with Gasteiger partial charge in [0.1, 0.15) is 5.82 Å². The molecule has 4 nitrogen and oxygen atoms in total. The first-order valence-corrected chi connectivity index (χ1v) is 6.98. The zero-order valence-corrected chi connectivity index (χ0v) is 12.1. The van der Waals surface area contributed by atoms with Crippen LogP contribution in [0, 0.1) is 18.7 Å². The second-order valence-electron chi connectivity index (χ2n) is 4.96. The summed E-state index contributed by atoms with van der Waals surface area (Å²) >= 11 is 0. The van der Waals surface area contributed by atoms with Crippen LogP contribution < -0.4 is 10.6 Å². The second-order valence-corrected chi connectivity index (χ2v) is 4.96. The summed E-state index contributed by atoms with van der Waals surface area (Å²) in [7, 11) is 0. The predicted octanol–water partition coefficient (Wildman–Crippen LogP) is 3.05. The number of carbonyl (C=O) groups excluding carboxylic acids is 1. The van der Waals surface area contributed by atoms with E-state index < -0.39 is 0 Å². The molecule has 0 aliphatic carbocycles. The van der Waals surface area contributed by atoms with Crippen LogP contribution in [0.25, 0.3) is 0 Å². The van der Waals surface area contributed by atoms with E-state index in [1.54, 1.807) is 13.0 Å². The number of urea groups is 1. The summed E-state index contributed by atoms with van der Waals surface area (Å²) in [4.78, 5) is 11.8. The number of rotatable bonds is 7. The first-order chi connectivity index (χ1) is 9.56. The summed E-state index contributed by atoms with van der Waals surface area (Å²) in [5, 5.41) is 14.4. The van der Waals surface area contributed by atoms with E-state index in [1.807, 2.05) is 0 Å². The van der Waals surface area contributed by atoms with Crippen molar-refractivity contribution in [1.82, 2.24) is 5.32 Å². The lowest BCUT2D eigenvalue weighted by molar-refractivity contribution is 0.236. The van der Waals surface area contributed by atoms with Crippen LogP contribution in [0.1, 0.15) is 31.7 Å². The molecule has 0 radical (unpaired) electrons. The molecule has 112 valence electrons. The number of anilines is 1. The van der Waals surface area contributed by atoms with Gasteiger partial charge in [0.25, 0.3) is 0 Å². The van der Waals surface area contributed by atoms with Crippen molar-refractivity contribution in [3.05, 3.63) is 29.6 Å². The Morgan fingerprint density at radius 3 is 2.75 bits per heavy atom. The molecule has 1 unspecified atom stereocenters. The van der Waals surface area contributed by atoms with Gasteiger partial charge in [-0.2, -0.15) is 0 Å². The van der Waals surface area contributed by atoms with Gasteiger partial charge in [-0.1, -0.05) is 13.3 Å². The zero-order valence-electron chi connectivity index (χ0n) is 12.1. The van der Waals surface area contributed by atoms with Crippen molar-refractivity contribution in [1.29, 1.82) is 0 Å². The lowest BCUT2D eigenvalue weighted by Gasteiger charge is -2.16. The normalized spacial score (nSPS) is 12.0. The molecule has 2 amide bonds. The van der Waals surface area contributed by atoms with Crippen molar-refractivity contribution < 1.29 is 14.3 Å². The molecule has 1 rings (SSSR count). The molecule has 3 N–H and O–H groups in total. The minimum absolute atomic E-state index is 0.130. The largest absolute Gasteiger partial charge is 0.396 e. The lowest BCUT2D eigenvalue weighted by Crippen LogP contribution is -2.33. The van der Waals surface area contributed by atoms with Crippen LogP contribution in [0.15, 0.2) is 18.2 Å². The monoisotopic (exact) mass is 282 g/mol. The summed E-state index contributed by atoms with van der Waals surface area (Å²) in [6, 6.07) is 3.93. The first kappa shape index (κ1) is 16.4. The van der Waals surface area contributed by atoms with Crippen LogP contribution >= 0.6 is 0 Å². The Morgan fingerprint density at radius 2 is 2.15 bits per heavy atom. The van der Waals surface area contributed by atoms with E-state index in [-0.39, 0.29) is 24.4 Å². The number of aliphatic hydroxyl groups excluding tert-OH is 1. The molecule has 1 atom stereocenters. The third-order valence-electron chi connectivity index (χ3n) is 3.22. The van der Waals surface area contributed by atoms with Crippen molar-refractivity contribution in [3.8, 4) is 0 Å². The van der Waals surface area contributed by atoms with Gasteiger partial charge in [-0.25, -0.2) is 9.18 Å². The van der Waals surface area contributed by atoms with E-state index in [9.17, 15) is 9.18 Å². The average molecular weight is 282 g/mol. The summed E-state index contributed by atoms with van der Waals surface area (Å²) in [5.41, 5.74) is 1.28. The van der Waals surface area contributed by atoms with Gasteiger partial charge in [0, 0.05) is 18.8 Å². The van der Waals surface area contributed by atoms with Crippen molar-refractivity contribution in [3.63, 3.8) is 0 Å². The fourth-order valence-electron chi connectivity index (χ4n) is 2.11. The number of hydrogen-bond donors (Lipinski definition) is 3. The number of amides is 2. The van der Waals surface area contributed by atoms with E-state index in [4.69, 9.17) is 5.11 Å². The standard InChI is InChI=1S/C15H23FN2O2/c1-3-4-12(7-8-19)10-17-15(20)18-14-6-5-13(16)9-11(14)2/h5-6,9,12,19H,3-4,7-8,10H2,1-2H3,(H2,17,18,20).